The molecule has 0 spiro atoms. The van der Waals surface area contributed by atoms with E-state index >= 15 is 0 Å². The fourth-order valence-electron chi connectivity index (χ4n) is 3.49. The number of nitrogens with one attached hydrogen (secondary N) is 2. The molecule has 2 aromatic heterocycles. The maximum absolute atomic E-state index is 13.3. The summed E-state index contributed by atoms with van der Waals surface area (Å²) < 4.78 is 14.1. The molecule has 0 saturated carbocycles. The Hall–Kier alpha value is -2.51. The summed E-state index contributed by atoms with van der Waals surface area (Å²) in [6, 6.07) is 8.93. The third-order valence-corrected chi connectivity index (χ3v) is 6.25. The number of anilines is 1. The number of pyridine rings is 1. The molecule has 27 heavy (non-hydrogen) atoms. The van der Waals surface area contributed by atoms with Gasteiger partial charge in [-0.05, 0) is 50.1 Å². The number of piperidine rings is 1. The molecular weight excluding hydrogens is 363 g/mol. The van der Waals surface area contributed by atoms with Crippen LogP contribution in [0.1, 0.15) is 30.1 Å². The number of benzene rings is 1. The second-order valence-electron chi connectivity index (χ2n) is 6.88. The number of fused-ring (bicyclic) bond motifs is 1. The normalized spacial score (nSPS) is 19.9. The highest BCUT2D eigenvalue weighted by Crippen LogP contribution is 2.38. The lowest BCUT2D eigenvalue weighted by Crippen LogP contribution is -2.46. The van der Waals surface area contributed by atoms with Crippen LogP contribution in [0.25, 0.3) is 20.5 Å². The van der Waals surface area contributed by atoms with Gasteiger partial charge in [0.1, 0.15) is 11.6 Å². The zero-order chi connectivity index (χ0) is 19.0. The molecule has 5 nitrogen and oxygen atoms in total. The third-order valence-electron chi connectivity index (χ3n) is 5.03. The van der Waals surface area contributed by atoms with Gasteiger partial charge in [-0.15, -0.1) is 11.3 Å². The van der Waals surface area contributed by atoms with Crippen LogP contribution in [0.2, 0.25) is 0 Å². The van der Waals surface area contributed by atoms with Crippen molar-refractivity contribution in [2.45, 2.75) is 31.8 Å². The van der Waals surface area contributed by atoms with Crippen LogP contribution in [-0.2, 0) is 0 Å². The molecule has 140 valence electrons. The first-order valence-electron chi connectivity index (χ1n) is 9.01. The number of amides is 1. The van der Waals surface area contributed by atoms with E-state index in [1.165, 1.54) is 23.5 Å². The van der Waals surface area contributed by atoms with E-state index in [1.54, 1.807) is 18.3 Å². The fourth-order valence-corrected chi connectivity index (χ4v) is 4.67. The topological polar surface area (TPSA) is 80.0 Å². The van der Waals surface area contributed by atoms with E-state index in [1.807, 2.05) is 6.07 Å². The van der Waals surface area contributed by atoms with Crippen LogP contribution in [0.15, 0.2) is 36.5 Å². The first-order valence-corrected chi connectivity index (χ1v) is 9.83. The zero-order valence-electron chi connectivity index (χ0n) is 15.0. The molecule has 4 rings (SSSR count). The minimum absolute atomic E-state index is 0.267. The first-order chi connectivity index (χ1) is 13.0. The minimum Gasteiger partial charge on any atom is -0.366 e. The van der Waals surface area contributed by atoms with Gasteiger partial charge in [-0.25, -0.2) is 9.37 Å². The summed E-state index contributed by atoms with van der Waals surface area (Å²) in [5, 5.41) is 7.87. The molecule has 0 radical (unpaired) electrons. The van der Waals surface area contributed by atoms with E-state index in [0.29, 0.717) is 11.6 Å². The van der Waals surface area contributed by atoms with Gasteiger partial charge in [0, 0.05) is 28.5 Å². The van der Waals surface area contributed by atoms with Crippen molar-refractivity contribution in [3.63, 3.8) is 0 Å². The second-order valence-corrected chi connectivity index (χ2v) is 7.93. The highest BCUT2D eigenvalue weighted by molar-refractivity contribution is 7.22. The molecule has 0 aliphatic carbocycles. The molecule has 0 unspecified atom stereocenters. The van der Waals surface area contributed by atoms with Gasteiger partial charge in [0.2, 0.25) is 0 Å². The molecule has 3 heterocycles. The van der Waals surface area contributed by atoms with Crippen molar-refractivity contribution in [2.24, 2.45) is 5.73 Å². The van der Waals surface area contributed by atoms with Crippen molar-refractivity contribution in [2.75, 3.05) is 11.9 Å². The number of nitrogens with two attached hydrogens (primary N) is 1. The Bertz CT molecular complexity index is 986. The predicted octanol–water partition coefficient (Wildman–Crippen LogP) is 3.75. The number of carbonyl (C=O) groups is 1. The number of hydrogen-bond donors (Lipinski definition) is 3. The van der Waals surface area contributed by atoms with E-state index < -0.39 is 5.91 Å². The van der Waals surface area contributed by atoms with E-state index in [2.05, 4.69) is 22.5 Å². The smallest absolute Gasteiger partial charge is 0.251 e. The lowest BCUT2D eigenvalue weighted by Gasteiger charge is -2.31. The zero-order valence-corrected chi connectivity index (χ0v) is 15.8. The fraction of sp³-hybridized carbons (Fsp3) is 0.300. The number of nitrogens with zero attached hydrogens (tertiary/aromatic N) is 1. The lowest BCUT2D eigenvalue weighted by molar-refractivity contribution is 0.100. The van der Waals surface area contributed by atoms with Gasteiger partial charge in [-0.1, -0.05) is 12.1 Å². The number of thiophene rings is 1. The Morgan fingerprint density at radius 2 is 2.15 bits per heavy atom. The summed E-state index contributed by atoms with van der Waals surface area (Å²) in [4.78, 5) is 17.3. The molecule has 1 fully saturated rings. The minimum atomic E-state index is -0.501. The van der Waals surface area contributed by atoms with E-state index in [9.17, 15) is 9.18 Å². The molecule has 4 N–H and O–H groups in total. The van der Waals surface area contributed by atoms with Crippen LogP contribution >= 0.6 is 11.3 Å². The van der Waals surface area contributed by atoms with Crippen LogP contribution in [0.3, 0.4) is 0 Å². The maximum Gasteiger partial charge on any atom is 0.251 e. The highest BCUT2D eigenvalue weighted by atomic mass is 32.1. The Morgan fingerprint density at radius 1 is 1.37 bits per heavy atom. The number of hydrogen-bond acceptors (Lipinski definition) is 5. The quantitative estimate of drug-likeness (QED) is 0.640. The maximum atomic E-state index is 13.3. The molecule has 0 bridgehead atoms. The molecule has 1 amide bonds. The molecule has 1 aromatic carbocycles. The Labute approximate surface area is 160 Å². The van der Waals surface area contributed by atoms with E-state index in [0.717, 1.165) is 45.7 Å². The average molecular weight is 384 g/mol. The van der Waals surface area contributed by atoms with Crippen molar-refractivity contribution in [3.8, 4) is 10.4 Å². The summed E-state index contributed by atoms with van der Waals surface area (Å²) in [6.07, 6.45) is 3.71. The molecule has 3 aromatic rings. The van der Waals surface area contributed by atoms with Crippen molar-refractivity contribution in [1.82, 2.24) is 10.3 Å². The van der Waals surface area contributed by atoms with Crippen LogP contribution in [0.5, 0.6) is 0 Å². The van der Waals surface area contributed by atoms with Gasteiger partial charge in [0.05, 0.1) is 10.3 Å². The van der Waals surface area contributed by atoms with Crippen molar-refractivity contribution >= 4 is 33.1 Å². The standard InChI is InChI=1S/C20H21FN4OS/c1-11-16(3-2-8-23-11)25-20-14-9-17(12-4-6-13(21)7-5-12)27-18(14)15(10-24-20)19(22)26/h4-7,9-11,16,23H,2-3,8H2,1H3,(H2,22,26)(H,24,25)/t11-,16+/m1/s1. The molecular formula is C20H21FN4OS. The Morgan fingerprint density at radius 3 is 2.85 bits per heavy atom. The Kier molecular flexibility index (Phi) is 4.80. The SMILES string of the molecule is C[C@H]1NCCC[C@@H]1Nc1ncc(C(N)=O)c2sc(-c3ccc(F)cc3)cc12. The van der Waals surface area contributed by atoms with Gasteiger partial charge in [-0.3, -0.25) is 4.79 Å². The van der Waals surface area contributed by atoms with E-state index in [4.69, 9.17) is 5.73 Å². The van der Waals surface area contributed by atoms with Crippen LogP contribution < -0.4 is 16.4 Å². The molecule has 2 atom stereocenters. The molecule has 1 saturated heterocycles. The molecule has 1 aliphatic heterocycles. The number of primary amides is 1. The van der Waals surface area contributed by atoms with Crippen molar-refractivity contribution in [3.05, 3.63) is 47.9 Å². The average Bonchev–Trinajstić information content (AvgIpc) is 3.09. The number of aromatic nitrogens is 1. The first kappa shape index (κ1) is 17.9. The number of rotatable bonds is 4. The van der Waals surface area contributed by atoms with Gasteiger partial charge in [0.25, 0.3) is 5.91 Å². The van der Waals surface area contributed by atoms with Crippen LogP contribution in [0.4, 0.5) is 10.2 Å². The second kappa shape index (κ2) is 7.25. The van der Waals surface area contributed by atoms with Gasteiger partial charge >= 0.3 is 0 Å². The van der Waals surface area contributed by atoms with Crippen LogP contribution in [-0.4, -0.2) is 29.5 Å². The third kappa shape index (κ3) is 3.52. The summed E-state index contributed by atoms with van der Waals surface area (Å²) in [7, 11) is 0. The summed E-state index contributed by atoms with van der Waals surface area (Å²) in [5.41, 5.74) is 6.85. The van der Waals surface area contributed by atoms with Gasteiger partial charge in [-0.2, -0.15) is 0 Å². The van der Waals surface area contributed by atoms with Gasteiger partial charge < -0.3 is 16.4 Å². The summed E-state index contributed by atoms with van der Waals surface area (Å²) >= 11 is 1.47. The molecule has 1 aliphatic rings. The van der Waals surface area contributed by atoms with Gasteiger partial charge in [0.15, 0.2) is 0 Å². The number of carbonyl (C=O) groups excluding carboxylic acids is 1. The summed E-state index contributed by atoms with van der Waals surface area (Å²) in [6.45, 7) is 3.18. The summed E-state index contributed by atoms with van der Waals surface area (Å²) in [5.74, 6) is -0.0279. The predicted molar refractivity (Wildman–Crippen MR) is 108 cm³/mol. The molecule has 7 heteroatoms. The van der Waals surface area contributed by atoms with E-state index in [-0.39, 0.29) is 11.9 Å². The van der Waals surface area contributed by atoms with Crippen molar-refractivity contribution in [1.29, 1.82) is 0 Å². The highest BCUT2D eigenvalue weighted by Gasteiger charge is 2.23. The lowest BCUT2D eigenvalue weighted by atomic mass is 9.99. The number of halogens is 1. The van der Waals surface area contributed by atoms with Crippen molar-refractivity contribution < 1.29 is 9.18 Å². The Balaban J connectivity index is 1.79. The monoisotopic (exact) mass is 384 g/mol. The largest absolute Gasteiger partial charge is 0.366 e. The van der Waals surface area contributed by atoms with Crippen LogP contribution in [0, 0.1) is 5.82 Å².